The summed E-state index contributed by atoms with van der Waals surface area (Å²) in [5.41, 5.74) is 0.371. The second kappa shape index (κ2) is 6.06. The first-order chi connectivity index (χ1) is 8.06. The van der Waals surface area contributed by atoms with Gasteiger partial charge in [-0.05, 0) is 28.1 Å². The number of carboxylic acid groups (broad SMARTS) is 1. The van der Waals surface area contributed by atoms with Crippen LogP contribution in [0.25, 0.3) is 0 Å². The zero-order chi connectivity index (χ0) is 12.8. The van der Waals surface area contributed by atoms with Crippen LogP contribution in [0.4, 0.5) is 0 Å². The van der Waals surface area contributed by atoms with E-state index in [9.17, 15) is 9.59 Å². The van der Waals surface area contributed by atoms with Crippen LogP contribution in [0.5, 0.6) is 0 Å². The SMILES string of the molecule is C#CCC(NC(=O)c1ccccc1Br)C(=O)O. The molecule has 88 valence electrons. The van der Waals surface area contributed by atoms with Gasteiger partial charge in [-0.1, -0.05) is 12.1 Å². The van der Waals surface area contributed by atoms with Crippen LogP contribution in [0, 0.1) is 12.3 Å². The molecule has 5 heteroatoms. The van der Waals surface area contributed by atoms with Crippen molar-refractivity contribution in [3.63, 3.8) is 0 Å². The maximum atomic E-state index is 11.8. The Morgan fingerprint density at radius 2 is 2.12 bits per heavy atom. The predicted octanol–water partition coefficient (Wildman–Crippen LogP) is 1.66. The van der Waals surface area contributed by atoms with Crippen molar-refractivity contribution in [1.29, 1.82) is 0 Å². The maximum Gasteiger partial charge on any atom is 0.327 e. The summed E-state index contributed by atoms with van der Waals surface area (Å²) >= 11 is 3.21. The lowest BCUT2D eigenvalue weighted by Gasteiger charge is -2.12. The maximum absolute atomic E-state index is 11.8. The molecule has 0 aliphatic heterocycles. The van der Waals surface area contributed by atoms with Crippen molar-refractivity contribution in [1.82, 2.24) is 5.32 Å². The van der Waals surface area contributed by atoms with Crippen molar-refractivity contribution in [2.45, 2.75) is 12.5 Å². The van der Waals surface area contributed by atoms with Crippen molar-refractivity contribution < 1.29 is 14.7 Å². The van der Waals surface area contributed by atoms with Crippen molar-refractivity contribution in [2.75, 3.05) is 0 Å². The molecule has 1 aromatic carbocycles. The largest absolute Gasteiger partial charge is 0.480 e. The lowest BCUT2D eigenvalue weighted by Crippen LogP contribution is -2.40. The highest BCUT2D eigenvalue weighted by molar-refractivity contribution is 9.10. The van der Waals surface area contributed by atoms with Crippen LogP contribution >= 0.6 is 15.9 Å². The minimum absolute atomic E-state index is 0.0501. The van der Waals surface area contributed by atoms with Crippen molar-refractivity contribution in [3.8, 4) is 12.3 Å². The molecule has 0 spiro atoms. The monoisotopic (exact) mass is 295 g/mol. The summed E-state index contributed by atoms with van der Waals surface area (Å²) in [6.07, 6.45) is 4.99. The van der Waals surface area contributed by atoms with E-state index in [4.69, 9.17) is 11.5 Å². The first-order valence-electron chi connectivity index (χ1n) is 4.78. The van der Waals surface area contributed by atoms with Crippen LogP contribution in [0.15, 0.2) is 28.7 Å². The zero-order valence-corrected chi connectivity index (χ0v) is 10.4. The van der Waals surface area contributed by atoms with Gasteiger partial charge in [0, 0.05) is 10.9 Å². The highest BCUT2D eigenvalue weighted by Gasteiger charge is 2.20. The molecule has 1 aromatic rings. The van der Waals surface area contributed by atoms with Gasteiger partial charge in [-0.25, -0.2) is 4.79 Å². The fraction of sp³-hybridized carbons (Fsp3) is 0.167. The fourth-order valence-corrected chi connectivity index (χ4v) is 1.66. The van der Waals surface area contributed by atoms with Gasteiger partial charge in [0.25, 0.3) is 5.91 Å². The molecule has 0 saturated carbocycles. The van der Waals surface area contributed by atoms with Crippen LogP contribution < -0.4 is 5.32 Å². The van der Waals surface area contributed by atoms with Crippen LogP contribution in [-0.2, 0) is 4.79 Å². The van der Waals surface area contributed by atoms with E-state index < -0.39 is 17.9 Å². The van der Waals surface area contributed by atoms with E-state index >= 15 is 0 Å². The number of rotatable bonds is 4. The number of terminal acetylenes is 1. The quantitative estimate of drug-likeness (QED) is 0.830. The molecule has 0 aliphatic carbocycles. The Bertz CT molecular complexity index is 479. The molecule has 1 unspecified atom stereocenters. The predicted molar refractivity (Wildman–Crippen MR) is 66.5 cm³/mol. The van der Waals surface area contributed by atoms with Gasteiger partial charge < -0.3 is 10.4 Å². The number of carbonyl (C=O) groups excluding carboxylic acids is 1. The number of hydrogen-bond acceptors (Lipinski definition) is 2. The lowest BCUT2D eigenvalue weighted by atomic mass is 10.1. The Balaban J connectivity index is 2.82. The number of nitrogens with one attached hydrogen (secondary N) is 1. The van der Waals surface area contributed by atoms with Crippen molar-refractivity contribution in [2.24, 2.45) is 0 Å². The number of hydrogen-bond donors (Lipinski definition) is 2. The van der Waals surface area contributed by atoms with Gasteiger partial charge in [0.1, 0.15) is 6.04 Å². The summed E-state index contributed by atoms with van der Waals surface area (Å²) < 4.78 is 0.599. The lowest BCUT2D eigenvalue weighted by molar-refractivity contribution is -0.139. The molecule has 17 heavy (non-hydrogen) atoms. The van der Waals surface area contributed by atoms with E-state index in [2.05, 4.69) is 27.2 Å². The third kappa shape index (κ3) is 3.61. The molecule has 0 saturated heterocycles. The van der Waals surface area contributed by atoms with E-state index in [0.29, 0.717) is 10.0 Å². The summed E-state index contributed by atoms with van der Waals surface area (Å²) in [6, 6.07) is 5.67. The summed E-state index contributed by atoms with van der Waals surface area (Å²) in [4.78, 5) is 22.6. The van der Waals surface area contributed by atoms with Crippen LogP contribution in [-0.4, -0.2) is 23.0 Å². The average molecular weight is 296 g/mol. The molecule has 0 bridgehead atoms. The van der Waals surface area contributed by atoms with E-state index in [1.165, 1.54) is 0 Å². The molecule has 0 aliphatic rings. The number of aliphatic carboxylic acids is 1. The van der Waals surface area contributed by atoms with Gasteiger partial charge in [0.05, 0.1) is 5.56 Å². The molecule has 0 radical (unpaired) electrons. The zero-order valence-electron chi connectivity index (χ0n) is 8.81. The highest BCUT2D eigenvalue weighted by Crippen LogP contribution is 2.15. The molecule has 4 nitrogen and oxygen atoms in total. The molecule has 2 N–H and O–H groups in total. The molecule has 0 aromatic heterocycles. The summed E-state index contributed by atoms with van der Waals surface area (Å²) in [5.74, 6) is 0.592. The topological polar surface area (TPSA) is 66.4 Å². The van der Waals surface area contributed by atoms with E-state index in [-0.39, 0.29) is 6.42 Å². The molecule has 0 fully saturated rings. The standard InChI is InChI=1S/C12H10BrNO3/c1-2-5-10(12(16)17)14-11(15)8-6-3-4-7-9(8)13/h1,3-4,6-7,10H,5H2,(H,14,15)(H,16,17). The van der Waals surface area contributed by atoms with Crippen LogP contribution in [0.3, 0.4) is 0 Å². The molecule has 0 heterocycles. The Kier molecular flexibility index (Phi) is 4.73. The number of benzene rings is 1. The van der Waals surface area contributed by atoms with E-state index in [1.54, 1.807) is 24.3 Å². The van der Waals surface area contributed by atoms with Crippen LogP contribution in [0.2, 0.25) is 0 Å². The summed E-state index contributed by atoms with van der Waals surface area (Å²) in [5, 5.41) is 11.2. The van der Waals surface area contributed by atoms with E-state index in [1.807, 2.05) is 0 Å². The Hall–Kier alpha value is -1.80. The Morgan fingerprint density at radius 3 is 2.65 bits per heavy atom. The van der Waals surface area contributed by atoms with Crippen molar-refractivity contribution >= 4 is 27.8 Å². The third-order valence-electron chi connectivity index (χ3n) is 2.04. The fourth-order valence-electron chi connectivity index (χ4n) is 1.20. The molecular formula is C12H10BrNO3. The summed E-state index contributed by atoms with van der Waals surface area (Å²) in [6.45, 7) is 0. The van der Waals surface area contributed by atoms with E-state index in [0.717, 1.165) is 0 Å². The molecule has 1 atom stereocenters. The van der Waals surface area contributed by atoms with Crippen LogP contribution in [0.1, 0.15) is 16.8 Å². The van der Waals surface area contributed by atoms with Gasteiger partial charge in [-0.2, -0.15) is 0 Å². The number of carbonyl (C=O) groups is 2. The third-order valence-corrected chi connectivity index (χ3v) is 2.74. The summed E-state index contributed by atoms with van der Waals surface area (Å²) in [7, 11) is 0. The molecule has 1 amide bonds. The Morgan fingerprint density at radius 1 is 1.47 bits per heavy atom. The van der Waals surface area contributed by atoms with Crippen molar-refractivity contribution in [3.05, 3.63) is 34.3 Å². The second-order valence-electron chi connectivity index (χ2n) is 3.25. The van der Waals surface area contributed by atoms with Gasteiger partial charge in [-0.3, -0.25) is 4.79 Å². The van der Waals surface area contributed by atoms with Gasteiger partial charge in [0.2, 0.25) is 0 Å². The smallest absolute Gasteiger partial charge is 0.327 e. The number of halogens is 1. The highest BCUT2D eigenvalue weighted by atomic mass is 79.9. The minimum Gasteiger partial charge on any atom is -0.480 e. The molecule has 1 rings (SSSR count). The van der Waals surface area contributed by atoms with Gasteiger partial charge in [-0.15, -0.1) is 12.3 Å². The first-order valence-corrected chi connectivity index (χ1v) is 5.57. The first kappa shape index (κ1) is 13.3. The second-order valence-corrected chi connectivity index (χ2v) is 4.11. The number of amides is 1. The Labute approximate surface area is 107 Å². The average Bonchev–Trinajstić information content (AvgIpc) is 2.28. The molecular weight excluding hydrogens is 286 g/mol. The normalized spacial score (nSPS) is 11.3. The van der Waals surface area contributed by atoms with Gasteiger partial charge in [0.15, 0.2) is 0 Å². The number of carboxylic acids is 1. The minimum atomic E-state index is -1.15. The van der Waals surface area contributed by atoms with Gasteiger partial charge >= 0.3 is 5.97 Å².